The van der Waals surface area contributed by atoms with E-state index in [0.717, 1.165) is 27.8 Å². The second-order valence-corrected chi connectivity index (χ2v) is 6.84. The van der Waals surface area contributed by atoms with Crippen molar-refractivity contribution in [2.75, 3.05) is 19.1 Å². The van der Waals surface area contributed by atoms with E-state index in [9.17, 15) is 0 Å². The van der Waals surface area contributed by atoms with Crippen LogP contribution in [0.4, 0.5) is 5.69 Å². The lowest BCUT2D eigenvalue weighted by Crippen LogP contribution is -2.36. The van der Waals surface area contributed by atoms with Gasteiger partial charge in [0.1, 0.15) is 22.8 Å². The van der Waals surface area contributed by atoms with E-state index in [1.165, 1.54) is 0 Å². The summed E-state index contributed by atoms with van der Waals surface area (Å²) in [5.74, 6) is 2.00. The second-order valence-electron chi connectivity index (χ2n) is 6.84. The lowest BCUT2D eigenvalue weighted by Gasteiger charge is -2.24. The Morgan fingerprint density at radius 3 is 2.47 bits per heavy atom. The first-order valence-electron chi connectivity index (χ1n) is 9.50. The van der Waals surface area contributed by atoms with Crippen LogP contribution in [-0.4, -0.2) is 20.2 Å². The first-order chi connectivity index (χ1) is 14.6. The van der Waals surface area contributed by atoms with Crippen molar-refractivity contribution in [1.29, 1.82) is 5.41 Å². The minimum absolute atomic E-state index is 0.100. The Morgan fingerprint density at radius 1 is 0.933 bits per heavy atom. The molecule has 0 radical (unpaired) electrons. The van der Waals surface area contributed by atoms with E-state index in [1.807, 2.05) is 72.8 Å². The van der Waals surface area contributed by atoms with Crippen molar-refractivity contribution in [3.8, 4) is 22.6 Å². The fraction of sp³-hybridized carbons (Fsp3) is 0.125. The molecule has 6 nitrogen and oxygen atoms in total. The van der Waals surface area contributed by atoms with Crippen LogP contribution < -0.4 is 20.1 Å². The van der Waals surface area contributed by atoms with E-state index < -0.39 is 0 Å². The van der Waals surface area contributed by atoms with Gasteiger partial charge >= 0.3 is 0 Å². The number of rotatable bonds is 6. The number of nitrogens with one attached hydrogen (secondary N) is 1. The maximum Gasteiger partial charge on any atom is 0.193 e. The summed E-state index contributed by atoms with van der Waals surface area (Å²) in [6.45, 7) is 0.307. The van der Waals surface area contributed by atoms with Gasteiger partial charge in [0, 0.05) is 5.39 Å². The number of methoxy groups -OCH3 is 2. The Morgan fingerprint density at radius 2 is 1.73 bits per heavy atom. The molecular weight excluding hydrogens is 378 g/mol. The number of nitrogens with two attached hydrogens (primary N) is 1. The van der Waals surface area contributed by atoms with E-state index in [4.69, 9.17) is 25.0 Å². The largest absolute Gasteiger partial charge is 0.497 e. The number of hydrogen-bond donors (Lipinski definition) is 2. The Hall–Kier alpha value is -3.93. The first kappa shape index (κ1) is 19.4. The zero-order chi connectivity index (χ0) is 21.1. The molecule has 6 heteroatoms. The molecule has 3 N–H and O–H groups in total. The van der Waals surface area contributed by atoms with Gasteiger partial charge in [0.25, 0.3) is 0 Å². The van der Waals surface area contributed by atoms with E-state index in [2.05, 4.69) is 0 Å². The van der Waals surface area contributed by atoms with Gasteiger partial charge in [-0.2, -0.15) is 0 Å². The van der Waals surface area contributed by atoms with Crippen molar-refractivity contribution < 1.29 is 13.9 Å². The number of guanidine groups is 1. The van der Waals surface area contributed by atoms with Crippen LogP contribution in [-0.2, 0) is 6.54 Å². The minimum Gasteiger partial charge on any atom is -0.497 e. The van der Waals surface area contributed by atoms with Crippen LogP contribution in [0.2, 0.25) is 0 Å². The van der Waals surface area contributed by atoms with Gasteiger partial charge in [-0.25, -0.2) is 0 Å². The van der Waals surface area contributed by atoms with Gasteiger partial charge in [-0.3, -0.25) is 5.41 Å². The molecule has 0 saturated heterocycles. The number of hydrogen-bond acceptors (Lipinski definition) is 4. The lowest BCUT2D eigenvalue weighted by atomic mass is 10.0. The molecule has 0 aliphatic rings. The van der Waals surface area contributed by atoms with Crippen LogP contribution in [0, 0.1) is 5.41 Å². The number of para-hydroxylation sites is 1. The number of ether oxygens (including phenoxy) is 2. The monoisotopic (exact) mass is 401 g/mol. The van der Waals surface area contributed by atoms with Crippen molar-refractivity contribution in [1.82, 2.24) is 0 Å². The zero-order valence-corrected chi connectivity index (χ0v) is 16.9. The molecule has 4 rings (SSSR count). The number of nitrogens with zero attached hydrogens (tertiary/aromatic N) is 1. The van der Waals surface area contributed by atoms with Crippen LogP contribution in [0.25, 0.3) is 22.1 Å². The van der Waals surface area contributed by atoms with Crippen LogP contribution in [0.15, 0.2) is 77.2 Å². The predicted molar refractivity (Wildman–Crippen MR) is 119 cm³/mol. The van der Waals surface area contributed by atoms with Gasteiger partial charge in [0.2, 0.25) is 0 Å². The molecule has 4 aromatic rings. The first-order valence-corrected chi connectivity index (χ1v) is 9.50. The van der Waals surface area contributed by atoms with Crippen molar-refractivity contribution in [2.45, 2.75) is 6.54 Å². The van der Waals surface area contributed by atoms with Gasteiger partial charge in [0.05, 0.1) is 26.5 Å². The molecule has 0 spiro atoms. The standard InChI is InChI=1S/C24H23N3O3/c1-28-19-8-5-7-16(12-19)17-10-11-23(29-2)21(14-17)27(24(25)26)15-20-13-18-6-3-4-9-22(18)30-20/h3-14H,15H2,1-2H3,(H3,25,26). The summed E-state index contributed by atoms with van der Waals surface area (Å²) in [6, 6.07) is 23.4. The summed E-state index contributed by atoms with van der Waals surface area (Å²) in [5.41, 5.74) is 9.40. The van der Waals surface area contributed by atoms with E-state index >= 15 is 0 Å². The number of benzene rings is 3. The normalized spacial score (nSPS) is 10.7. The third-order valence-electron chi connectivity index (χ3n) is 4.95. The second kappa shape index (κ2) is 8.21. The topological polar surface area (TPSA) is 84.7 Å². The highest BCUT2D eigenvalue weighted by atomic mass is 16.5. The van der Waals surface area contributed by atoms with Gasteiger partial charge in [-0.05, 0) is 47.5 Å². The Kier molecular flexibility index (Phi) is 5.30. The third kappa shape index (κ3) is 3.80. The number of fused-ring (bicyclic) bond motifs is 1. The maximum atomic E-state index is 8.17. The molecule has 1 heterocycles. The van der Waals surface area contributed by atoms with E-state index in [0.29, 0.717) is 23.7 Å². The highest BCUT2D eigenvalue weighted by Crippen LogP contribution is 2.35. The minimum atomic E-state index is -0.100. The predicted octanol–water partition coefficient (Wildman–Crippen LogP) is 5.02. The van der Waals surface area contributed by atoms with Crippen LogP contribution in [0.3, 0.4) is 0 Å². The molecular formula is C24H23N3O3. The van der Waals surface area contributed by atoms with E-state index in [1.54, 1.807) is 19.1 Å². The molecule has 0 amide bonds. The lowest BCUT2D eigenvalue weighted by molar-refractivity contribution is 0.414. The summed E-state index contributed by atoms with van der Waals surface area (Å²) >= 11 is 0. The molecule has 30 heavy (non-hydrogen) atoms. The summed E-state index contributed by atoms with van der Waals surface area (Å²) in [7, 11) is 3.24. The molecule has 0 atom stereocenters. The van der Waals surface area contributed by atoms with Gasteiger partial charge in [-0.15, -0.1) is 0 Å². The average molecular weight is 401 g/mol. The average Bonchev–Trinajstić information content (AvgIpc) is 3.19. The smallest absolute Gasteiger partial charge is 0.193 e. The summed E-state index contributed by atoms with van der Waals surface area (Å²) in [5, 5.41) is 9.18. The molecule has 0 aliphatic heterocycles. The van der Waals surface area contributed by atoms with Crippen molar-refractivity contribution in [2.24, 2.45) is 5.73 Å². The maximum absolute atomic E-state index is 8.17. The molecule has 152 valence electrons. The zero-order valence-electron chi connectivity index (χ0n) is 16.9. The third-order valence-corrected chi connectivity index (χ3v) is 4.95. The fourth-order valence-corrected chi connectivity index (χ4v) is 3.45. The molecule has 0 unspecified atom stereocenters. The SMILES string of the molecule is COc1cccc(-c2ccc(OC)c(N(Cc3cc4ccccc4o3)C(=N)N)c2)c1. The Labute approximate surface area is 174 Å². The van der Waals surface area contributed by atoms with Crippen molar-refractivity contribution in [3.05, 3.63) is 78.6 Å². The molecule has 3 aromatic carbocycles. The highest BCUT2D eigenvalue weighted by Gasteiger charge is 2.19. The summed E-state index contributed by atoms with van der Waals surface area (Å²) in [4.78, 5) is 1.67. The molecule has 1 aromatic heterocycles. The Balaban J connectivity index is 1.75. The summed E-state index contributed by atoms with van der Waals surface area (Å²) < 4.78 is 16.8. The Bertz CT molecular complexity index is 1170. The quantitative estimate of drug-likeness (QED) is 0.350. The highest BCUT2D eigenvalue weighted by molar-refractivity contribution is 5.95. The molecule has 0 bridgehead atoms. The van der Waals surface area contributed by atoms with Gasteiger partial charge in [-0.1, -0.05) is 36.4 Å². The van der Waals surface area contributed by atoms with Gasteiger partial charge < -0.3 is 24.5 Å². The molecule has 0 aliphatic carbocycles. The fourth-order valence-electron chi connectivity index (χ4n) is 3.45. The van der Waals surface area contributed by atoms with Crippen molar-refractivity contribution in [3.63, 3.8) is 0 Å². The molecule has 0 fully saturated rings. The van der Waals surface area contributed by atoms with Crippen LogP contribution in [0.1, 0.15) is 5.76 Å². The van der Waals surface area contributed by atoms with E-state index in [-0.39, 0.29) is 5.96 Å². The molecule has 0 saturated carbocycles. The van der Waals surface area contributed by atoms with Gasteiger partial charge in [0.15, 0.2) is 5.96 Å². The van der Waals surface area contributed by atoms with Crippen LogP contribution >= 0.6 is 0 Å². The number of furan rings is 1. The van der Waals surface area contributed by atoms with Crippen LogP contribution in [0.5, 0.6) is 11.5 Å². The number of anilines is 1. The van der Waals surface area contributed by atoms with Crippen molar-refractivity contribution >= 4 is 22.6 Å². The summed E-state index contributed by atoms with van der Waals surface area (Å²) in [6.07, 6.45) is 0.